The molecule has 0 saturated carbocycles. The monoisotopic (exact) mass is 231 g/mol. The van der Waals surface area contributed by atoms with Crippen LogP contribution in [0, 0.1) is 5.82 Å². The molecule has 1 aromatic rings. The number of carboxylic acids is 1. The van der Waals surface area contributed by atoms with Gasteiger partial charge >= 0.3 is 5.97 Å². The van der Waals surface area contributed by atoms with Crippen molar-refractivity contribution < 1.29 is 14.3 Å². The summed E-state index contributed by atoms with van der Waals surface area (Å²) in [6.45, 7) is 1.72. The fraction of sp³-hybridized carbons (Fsp3) is 0.300. The van der Waals surface area contributed by atoms with Gasteiger partial charge in [-0.1, -0.05) is 11.6 Å². The van der Waals surface area contributed by atoms with Crippen LogP contribution in [0.25, 0.3) is 0 Å². The van der Waals surface area contributed by atoms with E-state index in [9.17, 15) is 9.18 Å². The van der Waals surface area contributed by atoms with Crippen LogP contribution in [0.4, 0.5) is 10.1 Å². The zero-order valence-electron chi connectivity index (χ0n) is 8.13. The van der Waals surface area contributed by atoms with Crippen molar-refractivity contribution in [3.05, 3.63) is 29.0 Å². The standard InChI is InChI=1S/C10H11ClFNO2/c1-6(4-10(14)15)13-9-3-2-7(12)5-8(9)11/h2-3,5-6,13H,4H2,1H3,(H,14,15). The average molecular weight is 232 g/mol. The largest absolute Gasteiger partial charge is 0.481 e. The maximum absolute atomic E-state index is 12.7. The SMILES string of the molecule is CC(CC(=O)O)Nc1ccc(F)cc1Cl. The lowest BCUT2D eigenvalue weighted by molar-refractivity contribution is -0.137. The third-order valence-corrected chi connectivity index (χ3v) is 2.13. The molecule has 1 aromatic carbocycles. The second-order valence-corrected chi connectivity index (χ2v) is 3.67. The van der Waals surface area contributed by atoms with Crippen LogP contribution >= 0.6 is 11.6 Å². The molecule has 1 rings (SSSR count). The van der Waals surface area contributed by atoms with Crippen LogP contribution in [0.15, 0.2) is 18.2 Å². The molecule has 0 aliphatic carbocycles. The predicted octanol–water partition coefficient (Wildman–Crippen LogP) is 2.75. The normalized spacial score (nSPS) is 12.2. The van der Waals surface area contributed by atoms with Gasteiger partial charge in [0.1, 0.15) is 5.82 Å². The Balaban J connectivity index is 2.68. The van der Waals surface area contributed by atoms with Gasteiger partial charge in [0, 0.05) is 6.04 Å². The van der Waals surface area contributed by atoms with Gasteiger partial charge < -0.3 is 10.4 Å². The maximum Gasteiger partial charge on any atom is 0.305 e. The van der Waals surface area contributed by atoms with E-state index < -0.39 is 11.8 Å². The molecule has 1 atom stereocenters. The highest BCUT2D eigenvalue weighted by Gasteiger charge is 2.09. The van der Waals surface area contributed by atoms with Gasteiger partial charge in [0.15, 0.2) is 0 Å². The fourth-order valence-electron chi connectivity index (χ4n) is 1.18. The van der Waals surface area contributed by atoms with E-state index in [4.69, 9.17) is 16.7 Å². The summed E-state index contributed by atoms with van der Waals surface area (Å²) in [6, 6.07) is 3.67. The lowest BCUT2D eigenvalue weighted by atomic mass is 10.2. The molecule has 1 unspecified atom stereocenters. The highest BCUT2D eigenvalue weighted by molar-refractivity contribution is 6.33. The zero-order valence-corrected chi connectivity index (χ0v) is 8.88. The summed E-state index contributed by atoms with van der Waals surface area (Å²) < 4.78 is 12.7. The molecule has 15 heavy (non-hydrogen) atoms. The van der Waals surface area contributed by atoms with Crippen molar-refractivity contribution in [3.8, 4) is 0 Å². The van der Waals surface area contributed by atoms with Gasteiger partial charge in [-0.3, -0.25) is 4.79 Å². The van der Waals surface area contributed by atoms with Crippen molar-refractivity contribution in [2.24, 2.45) is 0 Å². The number of nitrogens with one attached hydrogen (secondary N) is 1. The van der Waals surface area contributed by atoms with E-state index in [2.05, 4.69) is 5.32 Å². The van der Waals surface area contributed by atoms with E-state index in [1.54, 1.807) is 6.92 Å². The fourth-order valence-corrected chi connectivity index (χ4v) is 1.41. The molecule has 2 N–H and O–H groups in total. The third kappa shape index (κ3) is 3.75. The number of hydrogen-bond acceptors (Lipinski definition) is 2. The van der Waals surface area contributed by atoms with E-state index >= 15 is 0 Å². The Bertz CT molecular complexity index is 370. The number of rotatable bonds is 4. The highest BCUT2D eigenvalue weighted by Crippen LogP contribution is 2.23. The minimum absolute atomic E-state index is 0.0201. The van der Waals surface area contributed by atoms with Crippen molar-refractivity contribution in [2.45, 2.75) is 19.4 Å². The summed E-state index contributed by atoms with van der Waals surface area (Å²) in [7, 11) is 0. The van der Waals surface area contributed by atoms with Crippen LogP contribution in [-0.2, 0) is 4.79 Å². The number of anilines is 1. The molecule has 0 aliphatic heterocycles. The first-order valence-corrected chi connectivity index (χ1v) is 4.80. The second kappa shape index (κ2) is 4.98. The lowest BCUT2D eigenvalue weighted by Crippen LogP contribution is -2.19. The number of benzene rings is 1. The van der Waals surface area contributed by atoms with Crippen LogP contribution in [0.3, 0.4) is 0 Å². The molecule has 0 saturated heterocycles. The molecule has 82 valence electrons. The first-order valence-electron chi connectivity index (χ1n) is 4.42. The smallest absolute Gasteiger partial charge is 0.305 e. The Labute approximate surface area is 91.9 Å². The molecule has 0 aliphatic rings. The lowest BCUT2D eigenvalue weighted by Gasteiger charge is -2.14. The van der Waals surface area contributed by atoms with Crippen LogP contribution in [-0.4, -0.2) is 17.1 Å². The van der Waals surface area contributed by atoms with Gasteiger partial charge in [0.2, 0.25) is 0 Å². The van der Waals surface area contributed by atoms with Crippen LogP contribution in [0.5, 0.6) is 0 Å². The van der Waals surface area contributed by atoms with Gasteiger partial charge in [-0.15, -0.1) is 0 Å². The summed E-state index contributed by atoms with van der Waals surface area (Å²) in [4.78, 5) is 10.4. The van der Waals surface area contributed by atoms with Crippen molar-refractivity contribution in [1.82, 2.24) is 0 Å². The summed E-state index contributed by atoms with van der Waals surface area (Å²) in [5.41, 5.74) is 0.534. The Morgan fingerprint density at radius 3 is 2.87 bits per heavy atom. The Morgan fingerprint density at radius 1 is 1.67 bits per heavy atom. The molecule has 5 heteroatoms. The van der Waals surface area contributed by atoms with Crippen LogP contribution in [0.2, 0.25) is 5.02 Å². The Hall–Kier alpha value is -1.29. The minimum atomic E-state index is -0.895. The number of aliphatic carboxylic acids is 1. The number of hydrogen-bond donors (Lipinski definition) is 2. The van der Waals surface area contributed by atoms with Gasteiger partial charge in [-0.2, -0.15) is 0 Å². The molecule has 0 amide bonds. The summed E-state index contributed by atoms with van der Waals surface area (Å²) >= 11 is 5.76. The number of carboxylic acid groups (broad SMARTS) is 1. The number of halogens is 2. The molecule has 0 aromatic heterocycles. The molecular formula is C10H11ClFNO2. The van der Waals surface area contributed by atoms with E-state index in [1.807, 2.05) is 0 Å². The van der Waals surface area contributed by atoms with Crippen molar-refractivity contribution in [1.29, 1.82) is 0 Å². The average Bonchev–Trinajstić information content (AvgIpc) is 2.08. The Morgan fingerprint density at radius 2 is 2.33 bits per heavy atom. The summed E-state index contributed by atoms with van der Waals surface area (Å²) in [5.74, 6) is -1.32. The number of carbonyl (C=O) groups is 1. The molecule has 3 nitrogen and oxygen atoms in total. The first kappa shape index (κ1) is 11.8. The van der Waals surface area contributed by atoms with Gasteiger partial charge in [0.25, 0.3) is 0 Å². The van der Waals surface area contributed by atoms with E-state index in [-0.39, 0.29) is 17.5 Å². The predicted molar refractivity (Wildman–Crippen MR) is 56.7 cm³/mol. The topological polar surface area (TPSA) is 49.3 Å². The van der Waals surface area contributed by atoms with Crippen molar-refractivity contribution >= 4 is 23.3 Å². The minimum Gasteiger partial charge on any atom is -0.481 e. The van der Waals surface area contributed by atoms with Crippen LogP contribution in [0.1, 0.15) is 13.3 Å². The molecule has 0 heterocycles. The molecule has 0 fully saturated rings. The summed E-state index contributed by atoms with van der Waals surface area (Å²) in [5, 5.41) is 11.7. The van der Waals surface area contributed by atoms with E-state index in [0.717, 1.165) is 0 Å². The van der Waals surface area contributed by atoms with Crippen molar-refractivity contribution in [3.63, 3.8) is 0 Å². The third-order valence-electron chi connectivity index (χ3n) is 1.81. The molecule has 0 radical (unpaired) electrons. The molecule has 0 bridgehead atoms. The Kier molecular flexibility index (Phi) is 3.91. The van der Waals surface area contributed by atoms with E-state index in [0.29, 0.717) is 5.69 Å². The van der Waals surface area contributed by atoms with E-state index in [1.165, 1.54) is 18.2 Å². The maximum atomic E-state index is 12.7. The van der Waals surface area contributed by atoms with Gasteiger partial charge in [-0.25, -0.2) is 4.39 Å². The summed E-state index contributed by atoms with van der Waals surface area (Å²) in [6.07, 6.45) is -0.0201. The molecule has 0 spiro atoms. The van der Waals surface area contributed by atoms with Gasteiger partial charge in [0.05, 0.1) is 17.1 Å². The quantitative estimate of drug-likeness (QED) is 0.838. The zero-order chi connectivity index (χ0) is 11.4. The highest BCUT2D eigenvalue weighted by atomic mass is 35.5. The van der Waals surface area contributed by atoms with Gasteiger partial charge in [-0.05, 0) is 25.1 Å². The molecular weight excluding hydrogens is 221 g/mol. The first-order chi connectivity index (χ1) is 6.99. The second-order valence-electron chi connectivity index (χ2n) is 3.27. The van der Waals surface area contributed by atoms with Crippen molar-refractivity contribution in [2.75, 3.05) is 5.32 Å². The van der Waals surface area contributed by atoms with Crippen LogP contribution < -0.4 is 5.32 Å².